The molecule has 0 aromatic heterocycles. The second-order valence-corrected chi connectivity index (χ2v) is 8.19. The van der Waals surface area contributed by atoms with Crippen LogP contribution in [0.2, 0.25) is 24.7 Å². The Morgan fingerprint density at radius 2 is 2.25 bits per heavy atom. The van der Waals surface area contributed by atoms with E-state index in [2.05, 4.69) is 19.2 Å². The third kappa shape index (κ3) is 1.02. The fraction of sp³-hybridized carbons (Fsp3) is 0.714. The molecule has 0 aliphatic carbocycles. The lowest BCUT2D eigenvalue weighted by atomic mass is 10.5. The number of rotatable bonds is 2. The number of hydrogen-bond donors (Lipinski definition) is 0. The predicted octanol–water partition coefficient (Wildman–Crippen LogP) is 2.65. The van der Waals surface area contributed by atoms with Crippen molar-refractivity contribution in [3.05, 3.63) is 12.7 Å². The zero-order valence-electron chi connectivity index (χ0n) is 5.61. The molecule has 1 aliphatic rings. The van der Waals surface area contributed by atoms with Crippen molar-refractivity contribution in [2.45, 2.75) is 31.1 Å². The van der Waals surface area contributed by atoms with Gasteiger partial charge >= 0.3 is 0 Å². The first-order valence-electron chi connectivity index (χ1n) is 3.38. The molecule has 1 heterocycles. The van der Waals surface area contributed by atoms with Crippen molar-refractivity contribution in [3.8, 4) is 0 Å². The van der Waals surface area contributed by atoms with Gasteiger partial charge in [0.15, 0.2) is 0 Å². The molecule has 1 saturated heterocycles. The highest BCUT2D eigenvalue weighted by atomic mass is 28.3. The van der Waals surface area contributed by atoms with Crippen LogP contribution in [-0.2, 0) is 0 Å². The molecular weight excluding hydrogens is 112 g/mol. The van der Waals surface area contributed by atoms with Gasteiger partial charge in [0.1, 0.15) is 0 Å². The van der Waals surface area contributed by atoms with Crippen molar-refractivity contribution in [1.29, 1.82) is 0 Å². The second-order valence-electron chi connectivity index (χ2n) is 3.16. The molecule has 0 unspecified atom stereocenters. The fourth-order valence-electron chi connectivity index (χ4n) is 1.33. The molecule has 1 fully saturated rings. The molecule has 0 spiro atoms. The lowest BCUT2D eigenvalue weighted by molar-refractivity contribution is 0.894. The van der Waals surface area contributed by atoms with E-state index in [-0.39, 0.29) is 0 Å². The van der Waals surface area contributed by atoms with Crippen molar-refractivity contribution < 1.29 is 0 Å². The average Bonchev–Trinajstić information content (AvgIpc) is 1.64. The summed E-state index contributed by atoms with van der Waals surface area (Å²) in [5.74, 6) is 0. The van der Waals surface area contributed by atoms with E-state index in [1.165, 1.54) is 12.5 Å². The quantitative estimate of drug-likeness (QED) is 0.394. The van der Waals surface area contributed by atoms with Crippen LogP contribution in [-0.4, -0.2) is 8.07 Å². The van der Waals surface area contributed by atoms with Crippen LogP contribution in [0.4, 0.5) is 0 Å². The highest BCUT2D eigenvalue weighted by molar-refractivity contribution is 6.81. The molecule has 0 saturated carbocycles. The van der Waals surface area contributed by atoms with E-state index < -0.39 is 8.07 Å². The Morgan fingerprint density at radius 3 is 2.38 bits per heavy atom. The maximum atomic E-state index is 3.76. The minimum Gasteiger partial charge on any atom is -0.103 e. The van der Waals surface area contributed by atoms with Gasteiger partial charge in [-0.1, -0.05) is 31.1 Å². The van der Waals surface area contributed by atoms with E-state index in [1.807, 2.05) is 0 Å². The second kappa shape index (κ2) is 2.06. The Hall–Kier alpha value is -0.0431. The summed E-state index contributed by atoms with van der Waals surface area (Å²) in [6, 6.07) is 4.46. The van der Waals surface area contributed by atoms with Gasteiger partial charge in [0.25, 0.3) is 0 Å². The first-order valence-corrected chi connectivity index (χ1v) is 6.50. The maximum Gasteiger partial charge on any atom is 0.0541 e. The maximum absolute atomic E-state index is 3.76. The van der Waals surface area contributed by atoms with Gasteiger partial charge < -0.3 is 0 Å². The van der Waals surface area contributed by atoms with Crippen LogP contribution in [0, 0.1) is 0 Å². The number of hydrogen-bond acceptors (Lipinski definition) is 0. The first kappa shape index (κ1) is 6.08. The highest BCUT2D eigenvalue weighted by Crippen LogP contribution is 2.35. The lowest BCUT2D eigenvalue weighted by Gasteiger charge is -2.35. The molecule has 0 bridgehead atoms. The molecule has 1 heteroatoms. The van der Waals surface area contributed by atoms with Crippen molar-refractivity contribution in [2.75, 3.05) is 0 Å². The zero-order chi connectivity index (χ0) is 6.04. The molecule has 46 valence electrons. The van der Waals surface area contributed by atoms with Gasteiger partial charge in [0.2, 0.25) is 0 Å². The zero-order valence-corrected chi connectivity index (χ0v) is 6.61. The van der Waals surface area contributed by atoms with Gasteiger partial charge in [-0.2, -0.15) is 0 Å². The van der Waals surface area contributed by atoms with Crippen LogP contribution in [0.1, 0.15) is 6.42 Å². The Bertz CT molecular complexity index is 92.6. The van der Waals surface area contributed by atoms with Crippen LogP contribution >= 0.6 is 0 Å². The summed E-state index contributed by atoms with van der Waals surface area (Å²) in [6.45, 7) is 6.25. The van der Waals surface area contributed by atoms with Crippen LogP contribution in [0.3, 0.4) is 0 Å². The molecule has 0 aromatic rings. The topological polar surface area (TPSA) is 0 Å². The summed E-state index contributed by atoms with van der Waals surface area (Å²) in [5, 5.41) is 0. The Morgan fingerprint density at radius 1 is 1.62 bits per heavy atom. The molecule has 0 aromatic carbocycles. The highest BCUT2D eigenvalue weighted by Gasteiger charge is 2.32. The average molecular weight is 126 g/mol. The summed E-state index contributed by atoms with van der Waals surface area (Å²) in [5.41, 5.74) is 0. The molecule has 0 radical (unpaired) electrons. The molecule has 0 atom stereocenters. The van der Waals surface area contributed by atoms with Crippen molar-refractivity contribution in [1.82, 2.24) is 0 Å². The van der Waals surface area contributed by atoms with E-state index in [0.717, 1.165) is 0 Å². The standard InChI is InChI=1S/C7H14Si/c1-3-5-8(2)6-4-7-8/h3H,1,4-7H2,2H3. The minimum absolute atomic E-state index is 0.615. The van der Waals surface area contributed by atoms with Crippen molar-refractivity contribution in [3.63, 3.8) is 0 Å². The molecule has 1 rings (SSSR count). The summed E-state index contributed by atoms with van der Waals surface area (Å²) in [4.78, 5) is 0. The molecule has 1 aliphatic heterocycles. The SMILES string of the molecule is C=CC[Si]1(C)CCC1. The van der Waals surface area contributed by atoms with Crippen LogP contribution in [0.5, 0.6) is 0 Å². The number of allylic oxidation sites excluding steroid dienone is 1. The molecule has 0 N–H and O–H groups in total. The lowest BCUT2D eigenvalue weighted by Crippen LogP contribution is -2.36. The van der Waals surface area contributed by atoms with E-state index >= 15 is 0 Å². The van der Waals surface area contributed by atoms with Crippen LogP contribution in [0.15, 0.2) is 12.7 Å². The summed E-state index contributed by atoms with van der Waals surface area (Å²) < 4.78 is 0. The van der Waals surface area contributed by atoms with E-state index in [4.69, 9.17) is 0 Å². The monoisotopic (exact) mass is 126 g/mol. The van der Waals surface area contributed by atoms with Gasteiger partial charge in [0, 0.05) is 0 Å². The Balaban J connectivity index is 2.29. The molecule has 8 heavy (non-hydrogen) atoms. The van der Waals surface area contributed by atoms with E-state index in [1.54, 1.807) is 12.1 Å². The molecule has 0 amide bonds. The Labute approximate surface area is 52.6 Å². The van der Waals surface area contributed by atoms with Gasteiger partial charge in [-0.3, -0.25) is 0 Å². The summed E-state index contributed by atoms with van der Waals surface area (Å²) in [7, 11) is -0.615. The Kier molecular flexibility index (Phi) is 1.56. The van der Waals surface area contributed by atoms with Gasteiger partial charge in [0.05, 0.1) is 8.07 Å². The summed E-state index contributed by atoms with van der Waals surface area (Å²) >= 11 is 0. The summed E-state index contributed by atoms with van der Waals surface area (Å²) in [6.07, 6.45) is 3.60. The smallest absolute Gasteiger partial charge is 0.0541 e. The van der Waals surface area contributed by atoms with Crippen LogP contribution < -0.4 is 0 Å². The van der Waals surface area contributed by atoms with Gasteiger partial charge in [-0.05, 0) is 6.04 Å². The van der Waals surface area contributed by atoms with E-state index in [9.17, 15) is 0 Å². The van der Waals surface area contributed by atoms with E-state index in [0.29, 0.717) is 0 Å². The predicted molar refractivity (Wildman–Crippen MR) is 40.9 cm³/mol. The third-order valence-electron chi connectivity index (χ3n) is 2.20. The normalized spacial score (nSPS) is 24.1. The van der Waals surface area contributed by atoms with Gasteiger partial charge in [-0.15, -0.1) is 6.58 Å². The van der Waals surface area contributed by atoms with Gasteiger partial charge in [-0.25, -0.2) is 0 Å². The third-order valence-corrected chi connectivity index (χ3v) is 6.59. The molecule has 0 nitrogen and oxygen atoms in total. The first-order chi connectivity index (χ1) is 3.77. The van der Waals surface area contributed by atoms with Crippen molar-refractivity contribution >= 4 is 8.07 Å². The molecular formula is C7H14Si. The fourth-order valence-corrected chi connectivity index (χ4v) is 4.00. The largest absolute Gasteiger partial charge is 0.103 e. The minimum atomic E-state index is -0.615. The van der Waals surface area contributed by atoms with Crippen LogP contribution in [0.25, 0.3) is 0 Å². The van der Waals surface area contributed by atoms with Crippen molar-refractivity contribution in [2.24, 2.45) is 0 Å².